The van der Waals surface area contributed by atoms with Gasteiger partial charge in [0.15, 0.2) is 12.5 Å². The van der Waals surface area contributed by atoms with Crippen LogP contribution in [0.1, 0.15) is 22.3 Å². The van der Waals surface area contributed by atoms with Crippen LogP contribution in [0.15, 0.2) is 35.5 Å². The Morgan fingerprint density at radius 2 is 2.20 bits per heavy atom. The summed E-state index contributed by atoms with van der Waals surface area (Å²) in [5.74, 6) is -0.323. The highest BCUT2D eigenvalue weighted by Gasteiger charge is 2.36. The number of anilines is 1. The molecule has 2 heterocycles. The summed E-state index contributed by atoms with van der Waals surface area (Å²) in [6.07, 6.45) is 0. The number of rotatable bonds is 2. The molecule has 128 valence electrons. The smallest absolute Gasteiger partial charge is 0.281 e. The van der Waals surface area contributed by atoms with E-state index in [1.165, 1.54) is 17.0 Å². The van der Waals surface area contributed by atoms with Crippen molar-refractivity contribution >= 4 is 17.3 Å². The average Bonchev–Trinajstić information content (AvgIpc) is 2.88. The van der Waals surface area contributed by atoms with Gasteiger partial charge in [-0.2, -0.15) is 0 Å². The zero-order valence-corrected chi connectivity index (χ0v) is 13.5. The van der Waals surface area contributed by atoms with Gasteiger partial charge in [-0.15, -0.1) is 0 Å². The molecule has 6 nitrogen and oxygen atoms in total. The van der Waals surface area contributed by atoms with E-state index in [-0.39, 0.29) is 25.7 Å². The van der Waals surface area contributed by atoms with Crippen molar-refractivity contribution < 1.29 is 23.9 Å². The van der Waals surface area contributed by atoms with Crippen molar-refractivity contribution in [3.8, 4) is 5.75 Å². The molecule has 2 aromatic carbocycles. The number of ether oxygens (including phenoxy) is 2. The Hall–Kier alpha value is -2.93. The van der Waals surface area contributed by atoms with Gasteiger partial charge in [-0.3, -0.25) is 4.79 Å². The van der Waals surface area contributed by atoms with Crippen molar-refractivity contribution in [1.29, 1.82) is 0 Å². The molecule has 0 saturated carbocycles. The predicted octanol–water partition coefficient (Wildman–Crippen LogP) is 2.73. The van der Waals surface area contributed by atoms with Gasteiger partial charge in [0.2, 0.25) is 0 Å². The molecular weight excluding hydrogens is 327 g/mol. The van der Waals surface area contributed by atoms with Crippen LogP contribution < -0.4 is 9.64 Å². The molecule has 2 aliphatic rings. The predicted molar refractivity (Wildman–Crippen MR) is 87.4 cm³/mol. The van der Waals surface area contributed by atoms with Crippen LogP contribution in [0.4, 0.5) is 10.1 Å². The van der Waals surface area contributed by atoms with E-state index < -0.39 is 11.7 Å². The number of aryl methyl sites for hydroxylation is 1. The molecule has 4 rings (SSSR count). The Balaban J connectivity index is 1.79. The molecule has 0 bridgehead atoms. The van der Waals surface area contributed by atoms with Crippen LogP contribution in [-0.4, -0.2) is 23.6 Å². The summed E-state index contributed by atoms with van der Waals surface area (Å²) in [5, 5.41) is 12.4. The van der Waals surface area contributed by atoms with Crippen molar-refractivity contribution in [2.45, 2.75) is 20.1 Å². The highest BCUT2D eigenvalue weighted by Crippen LogP contribution is 2.36. The van der Waals surface area contributed by atoms with Gasteiger partial charge in [0.25, 0.3) is 5.91 Å². The third-order valence-electron chi connectivity index (χ3n) is 4.41. The summed E-state index contributed by atoms with van der Waals surface area (Å²) in [7, 11) is 0. The largest absolute Gasteiger partial charge is 0.467 e. The summed E-state index contributed by atoms with van der Waals surface area (Å²) in [5.41, 5.74) is 3.17. The molecular formula is C18H15FN2O4. The summed E-state index contributed by atoms with van der Waals surface area (Å²) < 4.78 is 24.6. The second kappa shape index (κ2) is 5.86. The highest BCUT2D eigenvalue weighted by atomic mass is 19.1. The normalized spacial score (nSPS) is 17.4. The third kappa shape index (κ3) is 2.44. The van der Waals surface area contributed by atoms with Gasteiger partial charge in [0.1, 0.15) is 11.6 Å². The summed E-state index contributed by atoms with van der Waals surface area (Å²) in [4.78, 5) is 14.1. The first-order chi connectivity index (χ1) is 12.1. The van der Waals surface area contributed by atoms with Gasteiger partial charge in [-0.1, -0.05) is 17.3 Å². The van der Waals surface area contributed by atoms with Crippen LogP contribution in [0.3, 0.4) is 0 Å². The highest BCUT2D eigenvalue weighted by molar-refractivity contribution is 6.54. The first kappa shape index (κ1) is 15.6. The molecule has 0 saturated heterocycles. The maximum absolute atomic E-state index is 14.0. The number of halogens is 1. The number of nitrogens with zero attached hydrogens (tertiary/aromatic N) is 2. The monoisotopic (exact) mass is 342 g/mol. The van der Waals surface area contributed by atoms with Gasteiger partial charge in [-0.25, -0.2) is 4.39 Å². The lowest BCUT2D eigenvalue weighted by Crippen LogP contribution is -2.30. The molecule has 0 spiro atoms. The van der Waals surface area contributed by atoms with Crippen LogP contribution in [0.2, 0.25) is 0 Å². The molecule has 0 aliphatic carbocycles. The van der Waals surface area contributed by atoms with E-state index in [2.05, 4.69) is 5.16 Å². The molecule has 1 amide bonds. The molecule has 0 atom stereocenters. The fraction of sp³-hybridized carbons (Fsp3) is 0.222. The fourth-order valence-electron chi connectivity index (χ4n) is 3.32. The third-order valence-corrected chi connectivity index (χ3v) is 4.41. The molecule has 2 aliphatic heterocycles. The first-order valence-corrected chi connectivity index (χ1v) is 7.76. The number of oxime groups is 1. The molecule has 0 aromatic heterocycles. The summed E-state index contributed by atoms with van der Waals surface area (Å²) >= 11 is 0. The van der Waals surface area contributed by atoms with E-state index in [4.69, 9.17) is 9.47 Å². The Bertz CT molecular complexity index is 910. The number of amides is 1. The number of carbonyl (C=O) groups is 1. The summed E-state index contributed by atoms with van der Waals surface area (Å²) in [6, 6.07) is 8.14. The van der Waals surface area contributed by atoms with Crippen molar-refractivity contribution in [2.75, 3.05) is 11.7 Å². The van der Waals surface area contributed by atoms with Crippen LogP contribution in [0.25, 0.3) is 0 Å². The van der Waals surface area contributed by atoms with E-state index in [0.717, 1.165) is 5.56 Å². The minimum atomic E-state index is -0.433. The maximum atomic E-state index is 14.0. The number of fused-ring (bicyclic) bond motifs is 2. The summed E-state index contributed by atoms with van der Waals surface area (Å²) in [6.45, 7) is 2.28. The van der Waals surface area contributed by atoms with Crippen LogP contribution in [0, 0.1) is 12.7 Å². The van der Waals surface area contributed by atoms with Gasteiger partial charge < -0.3 is 19.6 Å². The molecule has 25 heavy (non-hydrogen) atoms. The van der Waals surface area contributed by atoms with E-state index in [9.17, 15) is 14.4 Å². The minimum Gasteiger partial charge on any atom is -0.467 e. The van der Waals surface area contributed by atoms with Gasteiger partial charge in [-0.05, 0) is 30.7 Å². The molecule has 0 radical (unpaired) electrons. The van der Waals surface area contributed by atoms with Crippen LogP contribution >= 0.6 is 0 Å². The van der Waals surface area contributed by atoms with E-state index in [1.54, 1.807) is 6.07 Å². The Morgan fingerprint density at radius 3 is 3.00 bits per heavy atom. The van der Waals surface area contributed by atoms with Crippen LogP contribution in [-0.2, 0) is 22.7 Å². The zero-order chi connectivity index (χ0) is 17.6. The molecule has 0 unspecified atom stereocenters. The number of carbonyl (C=O) groups excluding carboxylic acids is 1. The molecule has 2 aromatic rings. The fourth-order valence-corrected chi connectivity index (χ4v) is 3.32. The Morgan fingerprint density at radius 1 is 1.36 bits per heavy atom. The zero-order valence-electron chi connectivity index (χ0n) is 13.5. The minimum absolute atomic E-state index is 0.0115. The molecule has 0 fully saturated rings. The average molecular weight is 342 g/mol. The SMILES string of the molecule is Cc1cccc2c1/C(=N/O)C(=O)N2Cc1cc(F)cc2c1OCOC2. The molecule has 7 heteroatoms. The Labute approximate surface area is 143 Å². The van der Waals surface area contributed by atoms with Crippen LogP contribution in [0.5, 0.6) is 5.75 Å². The van der Waals surface area contributed by atoms with Gasteiger partial charge in [0, 0.05) is 16.7 Å². The van der Waals surface area contributed by atoms with Crippen molar-refractivity contribution in [1.82, 2.24) is 0 Å². The second-order valence-corrected chi connectivity index (χ2v) is 5.97. The van der Waals surface area contributed by atoms with E-state index in [0.29, 0.717) is 28.1 Å². The quantitative estimate of drug-likeness (QED) is 0.673. The van der Waals surface area contributed by atoms with E-state index >= 15 is 0 Å². The lowest BCUT2D eigenvalue weighted by Gasteiger charge is -2.24. The second-order valence-electron chi connectivity index (χ2n) is 5.97. The van der Waals surface area contributed by atoms with Crippen molar-refractivity contribution in [3.05, 3.63) is 58.4 Å². The number of hydrogen-bond acceptors (Lipinski definition) is 5. The lowest BCUT2D eigenvalue weighted by molar-refractivity contribution is -0.112. The lowest BCUT2D eigenvalue weighted by atomic mass is 10.0. The first-order valence-electron chi connectivity index (χ1n) is 7.76. The van der Waals surface area contributed by atoms with Gasteiger partial charge in [0.05, 0.1) is 18.8 Å². The molecule has 1 N–H and O–H groups in total. The topological polar surface area (TPSA) is 71.4 Å². The number of hydrogen-bond donors (Lipinski definition) is 1. The van der Waals surface area contributed by atoms with Crippen molar-refractivity contribution in [2.24, 2.45) is 5.16 Å². The van der Waals surface area contributed by atoms with Crippen molar-refractivity contribution in [3.63, 3.8) is 0 Å². The maximum Gasteiger partial charge on any atom is 0.281 e. The Kier molecular flexibility index (Phi) is 3.65. The number of benzene rings is 2. The standard InChI is InChI=1S/C18H15FN2O4/c1-10-3-2-4-14-15(10)16(20-23)18(22)21(14)7-11-5-13(19)6-12-8-24-9-25-17(11)12/h2-6,23H,7-9H2,1H3/b20-16-. The van der Waals surface area contributed by atoms with Gasteiger partial charge >= 0.3 is 0 Å². The van der Waals surface area contributed by atoms with E-state index in [1.807, 2.05) is 19.1 Å².